The molecule has 0 amide bonds. The molecule has 0 saturated heterocycles. The van der Waals surface area contributed by atoms with Gasteiger partial charge in [0.2, 0.25) is 0 Å². The normalized spacial score (nSPS) is 11.3. The summed E-state index contributed by atoms with van der Waals surface area (Å²) < 4.78 is 22.7. The molecule has 100 valence electrons. The van der Waals surface area contributed by atoms with E-state index in [-0.39, 0.29) is 4.90 Å². The van der Waals surface area contributed by atoms with Crippen LogP contribution < -0.4 is 4.90 Å². The SMILES string of the molecule is CN(Cc1ncccn1)c1ccc(S(C)(=O)=O)cn1. The Morgan fingerprint density at radius 2 is 1.84 bits per heavy atom. The van der Waals surface area contributed by atoms with Gasteiger partial charge in [0.25, 0.3) is 0 Å². The standard InChI is InChI=1S/C12H14N4O2S/c1-16(9-11-13-6-3-7-14-11)12-5-4-10(8-15-12)19(2,17)18/h3-8H,9H2,1-2H3. The third-order valence-corrected chi connectivity index (χ3v) is 3.64. The lowest BCUT2D eigenvalue weighted by Gasteiger charge is -2.16. The molecule has 0 aliphatic rings. The highest BCUT2D eigenvalue weighted by atomic mass is 32.2. The average Bonchev–Trinajstić information content (AvgIpc) is 2.39. The molecule has 2 aromatic rings. The maximum absolute atomic E-state index is 11.3. The molecular formula is C12H14N4O2S. The van der Waals surface area contributed by atoms with Crippen molar-refractivity contribution in [3.63, 3.8) is 0 Å². The zero-order valence-corrected chi connectivity index (χ0v) is 11.5. The Kier molecular flexibility index (Phi) is 3.75. The van der Waals surface area contributed by atoms with Crippen molar-refractivity contribution < 1.29 is 8.42 Å². The van der Waals surface area contributed by atoms with E-state index >= 15 is 0 Å². The van der Waals surface area contributed by atoms with Crippen LogP contribution in [0.3, 0.4) is 0 Å². The zero-order chi connectivity index (χ0) is 13.9. The van der Waals surface area contributed by atoms with Crippen LogP contribution in [0.1, 0.15) is 5.82 Å². The van der Waals surface area contributed by atoms with Gasteiger partial charge in [0, 0.05) is 31.9 Å². The van der Waals surface area contributed by atoms with Crippen molar-refractivity contribution >= 4 is 15.7 Å². The first kappa shape index (κ1) is 13.4. The summed E-state index contributed by atoms with van der Waals surface area (Å²) in [5.74, 6) is 1.35. The molecule has 0 atom stereocenters. The molecule has 0 saturated carbocycles. The fraction of sp³-hybridized carbons (Fsp3) is 0.250. The van der Waals surface area contributed by atoms with Crippen molar-refractivity contribution in [3.05, 3.63) is 42.6 Å². The van der Waals surface area contributed by atoms with E-state index in [0.717, 1.165) is 6.26 Å². The molecule has 0 radical (unpaired) electrons. The second-order valence-electron chi connectivity index (χ2n) is 4.15. The fourth-order valence-corrected chi connectivity index (χ4v) is 2.08. The molecule has 2 aromatic heterocycles. The first-order valence-electron chi connectivity index (χ1n) is 5.60. The number of pyridine rings is 1. The molecule has 0 aromatic carbocycles. The van der Waals surface area contributed by atoms with Gasteiger partial charge in [0.1, 0.15) is 11.6 Å². The van der Waals surface area contributed by atoms with Gasteiger partial charge < -0.3 is 4.90 Å². The Labute approximate surface area is 112 Å². The summed E-state index contributed by atoms with van der Waals surface area (Å²) in [5, 5.41) is 0. The van der Waals surface area contributed by atoms with Gasteiger partial charge >= 0.3 is 0 Å². The zero-order valence-electron chi connectivity index (χ0n) is 10.7. The molecular weight excluding hydrogens is 264 g/mol. The molecule has 7 heteroatoms. The van der Waals surface area contributed by atoms with E-state index in [2.05, 4.69) is 15.0 Å². The van der Waals surface area contributed by atoms with Crippen LogP contribution in [0.4, 0.5) is 5.82 Å². The predicted molar refractivity (Wildman–Crippen MR) is 71.5 cm³/mol. The monoisotopic (exact) mass is 278 g/mol. The Bertz CT molecular complexity index is 641. The number of hydrogen-bond donors (Lipinski definition) is 0. The van der Waals surface area contributed by atoms with Gasteiger partial charge in [-0.1, -0.05) is 0 Å². The van der Waals surface area contributed by atoms with E-state index in [1.54, 1.807) is 30.6 Å². The highest BCUT2D eigenvalue weighted by Crippen LogP contribution is 2.14. The quantitative estimate of drug-likeness (QED) is 0.827. The van der Waals surface area contributed by atoms with E-state index in [1.165, 1.54) is 6.20 Å². The van der Waals surface area contributed by atoms with Crippen LogP contribution in [0.15, 0.2) is 41.7 Å². The lowest BCUT2D eigenvalue weighted by Crippen LogP contribution is -2.19. The van der Waals surface area contributed by atoms with E-state index in [1.807, 2.05) is 11.9 Å². The highest BCUT2D eigenvalue weighted by Gasteiger charge is 2.09. The minimum absolute atomic E-state index is 0.209. The predicted octanol–water partition coefficient (Wildman–Crippen LogP) is 0.911. The third-order valence-electron chi connectivity index (χ3n) is 2.54. The third kappa shape index (κ3) is 3.47. The number of nitrogens with zero attached hydrogens (tertiary/aromatic N) is 4. The number of sulfone groups is 1. The molecule has 0 unspecified atom stereocenters. The number of aromatic nitrogens is 3. The number of hydrogen-bond acceptors (Lipinski definition) is 6. The molecule has 0 N–H and O–H groups in total. The lowest BCUT2D eigenvalue weighted by atomic mass is 10.4. The van der Waals surface area contributed by atoms with E-state index in [4.69, 9.17) is 0 Å². The molecule has 6 nitrogen and oxygen atoms in total. The first-order valence-corrected chi connectivity index (χ1v) is 7.49. The summed E-state index contributed by atoms with van der Waals surface area (Å²) in [6.07, 6.45) is 5.87. The van der Waals surface area contributed by atoms with Crippen molar-refractivity contribution in [1.29, 1.82) is 0 Å². The van der Waals surface area contributed by atoms with Crippen molar-refractivity contribution in [2.24, 2.45) is 0 Å². The van der Waals surface area contributed by atoms with E-state index in [0.29, 0.717) is 18.2 Å². The van der Waals surface area contributed by atoms with Crippen molar-refractivity contribution in [2.45, 2.75) is 11.4 Å². The smallest absolute Gasteiger partial charge is 0.177 e. The largest absolute Gasteiger partial charge is 0.352 e. The van der Waals surface area contributed by atoms with Crippen molar-refractivity contribution in [2.75, 3.05) is 18.2 Å². The van der Waals surface area contributed by atoms with Gasteiger partial charge in [-0.2, -0.15) is 0 Å². The molecule has 2 heterocycles. The van der Waals surface area contributed by atoms with Gasteiger partial charge in [-0.05, 0) is 18.2 Å². The topological polar surface area (TPSA) is 76.1 Å². The molecule has 0 fully saturated rings. The average molecular weight is 278 g/mol. The maximum Gasteiger partial charge on any atom is 0.177 e. The van der Waals surface area contributed by atoms with Gasteiger partial charge in [-0.3, -0.25) is 0 Å². The molecule has 19 heavy (non-hydrogen) atoms. The number of rotatable bonds is 4. The van der Waals surface area contributed by atoms with Gasteiger partial charge in [0.05, 0.1) is 11.4 Å². The Morgan fingerprint density at radius 1 is 1.16 bits per heavy atom. The molecule has 0 bridgehead atoms. The second-order valence-corrected chi connectivity index (χ2v) is 6.16. The van der Waals surface area contributed by atoms with Crippen LogP contribution >= 0.6 is 0 Å². The van der Waals surface area contributed by atoms with Gasteiger partial charge in [-0.15, -0.1) is 0 Å². The molecule has 0 aliphatic carbocycles. The minimum Gasteiger partial charge on any atom is -0.352 e. The maximum atomic E-state index is 11.3. The lowest BCUT2D eigenvalue weighted by molar-refractivity contribution is 0.601. The summed E-state index contributed by atoms with van der Waals surface area (Å²) in [6.45, 7) is 0.506. The van der Waals surface area contributed by atoms with Crippen LogP contribution in [0.2, 0.25) is 0 Å². The second kappa shape index (κ2) is 5.31. The van der Waals surface area contributed by atoms with Gasteiger partial charge in [0.15, 0.2) is 9.84 Å². The fourth-order valence-electron chi connectivity index (χ4n) is 1.52. The Balaban J connectivity index is 2.14. The summed E-state index contributed by atoms with van der Waals surface area (Å²) >= 11 is 0. The molecule has 2 rings (SSSR count). The number of anilines is 1. The minimum atomic E-state index is -3.21. The van der Waals surface area contributed by atoms with Gasteiger partial charge in [-0.25, -0.2) is 23.4 Å². The van der Waals surface area contributed by atoms with Crippen molar-refractivity contribution in [1.82, 2.24) is 15.0 Å². The summed E-state index contributed by atoms with van der Waals surface area (Å²) in [6, 6.07) is 4.96. The highest BCUT2D eigenvalue weighted by molar-refractivity contribution is 7.90. The Morgan fingerprint density at radius 3 is 2.37 bits per heavy atom. The molecule has 0 aliphatic heterocycles. The summed E-state index contributed by atoms with van der Waals surface area (Å²) in [5.41, 5.74) is 0. The Hall–Kier alpha value is -2.02. The summed E-state index contributed by atoms with van der Waals surface area (Å²) in [7, 11) is -1.36. The van der Waals surface area contributed by atoms with Crippen LogP contribution in [0, 0.1) is 0 Å². The van der Waals surface area contributed by atoms with Crippen molar-refractivity contribution in [3.8, 4) is 0 Å². The van der Waals surface area contributed by atoms with Crippen LogP contribution in [-0.4, -0.2) is 36.7 Å². The van der Waals surface area contributed by atoms with Crippen LogP contribution in [0.25, 0.3) is 0 Å². The van der Waals surface area contributed by atoms with E-state index < -0.39 is 9.84 Å². The summed E-state index contributed by atoms with van der Waals surface area (Å²) in [4.78, 5) is 14.4. The first-order chi connectivity index (χ1) is 8.97. The molecule has 0 spiro atoms. The van der Waals surface area contributed by atoms with Crippen LogP contribution in [-0.2, 0) is 16.4 Å². The van der Waals surface area contributed by atoms with Crippen LogP contribution in [0.5, 0.6) is 0 Å². The van der Waals surface area contributed by atoms with E-state index in [9.17, 15) is 8.42 Å².